The second kappa shape index (κ2) is 48.5. The highest BCUT2D eigenvalue weighted by atomic mass is 32.2. The molecule has 0 radical (unpaired) electrons. The number of likely N-dealkylation sites (tertiary alicyclic amines) is 1. The van der Waals surface area contributed by atoms with Gasteiger partial charge in [0, 0.05) is 142 Å². The Morgan fingerprint density at radius 3 is 1.73 bits per heavy atom. The molecule has 2 aliphatic heterocycles. The lowest BCUT2D eigenvalue weighted by Crippen LogP contribution is -2.57. The van der Waals surface area contributed by atoms with E-state index in [1.54, 1.807) is 96.2 Å². The van der Waals surface area contributed by atoms with Crippen LogP contribution < -0.4 is 74.7 Å². The molecule has 42 nitrogen and oxygen atoms in total. The van der Waals surface area contributed by atoms with Crippen molar-refractivity contribution < 1.29 is 107 Å². The van der Waals surface area contributed by atoms with Crippen molar-refractivity contribution in [3.8, 4) is 22.5 Å². The van der Waals surface area contributed by atoms with Gasteiger partial charge < -0.3 is 104 Å². The number of carbonyl (C=O) groups excluding carboxylic acids is 12. The summed E-state index contributed by atoms with van der Waals surface area (Å²) in [6, 6.07) is 27.2. The van der Waals surface area contributed by atoms with E-state index in [0.29, 0.717) is 76.1 Å². The van der Waals surface area contributed by atoms with E-state index in [2.05, 4.69) is 73.7 Å². The van der Waals surface area contributed by atoms with Gasteiger partial charge in [0.2, 0.25) is 65.0 Å². The van der Waals surface area contributed by atoms with Gasteiger partial charge in [0.25, 0.3) is 0 Å². The van der Waals surface area contributed by atoms with Crippen molar-refractivity contribution >= 4 is 134 Å². The molecule has 5 aromatic carbocycles. The molecular weight excluding hydrogens is 1690 g/mol. The number of nitrogens with zero attached hydrogens (tertiary/aromatic N) is 5. The average molecular weight is 1790 g/mol. The number of hydrazine groups is 1. The van der Waals surface area contributed by atoms with Gasteiger partial charge in [0.1, 0.15) is 41.9 Å². The standard InChI is InChI=1S/C85H102N20O22S/c86-29-31-87-32-35-105-77-57-18-8-11-21-66(57)104(48-51-14-4-5-17-56(51)76(77)101-102-105)73(111)26-30-88-69(107)28-36-126-38-39-127-37-33-89-68(106)27-34-103-74(112)43-67(81(103)118)128-49-65(84(123)124)95-72(110)47-92-78(115)62(41-52-44-90-58-19-9-6-15-54(52)58)96-80(117)63(42-53-45-91-59-20-10-7-16-55(53)59)94-71(109)46-93-79(116)64(40-50-12-2-1-3-13-50)99-100-70(108)24-22-60(82(119)120)97-85(125)98-61(83(121)122)23-25-75(113)114/h1-21,44-45,60-65,67,87,90-91,99H,22-43,46-49,86H2,(H,88,107)(H,89,106)(H,92,115)(H,93,116)(H,94,109)(H,95,110)(H,96,117)(H,100,108)(H,113,114)(H,119,120)(H,121,122)(H,123,124)(H2,97,98,125)/t60-,61-,62?,63?,64?,65?,67?/m0/s1. The molecule has 5 unspecified atom stereocenters. The van der Waals surface area contributed by atoms with Crippen molar-refractivity contribution in [2.45, 2.75) is 125 Å². The number of imide groups is 1. The minimum absolute atomic E-state index is 0.0185. The number of aliphatic carboxylic acids is 4. The summed E-state index contributed by atoms with van der Waals surface area (Å²) in [7, 11) is 0. The quantitative estimate of drug-likeness (QED) is 0.0131. The fourth-order valence-electron chi connectivity index (χ4n) is 14.1. The number of carboxylic acid groups (broad SMARTS) is 4. The number of aromatic amines is 2. The topological polar surface area (TPSA) is 612 Å². The van der Waals surface area contributed by atoms with Crippen LogP contribution in [0, 0.1) is 0 Å². The normalized spacial score (nSPS) is 14.2. The number of thioether (sulfide) groups is 1. The first kappa shape index (κ1) is 96.2. The second-order valence-electron chi connectivity index (χ2n) is 29.8. The molecule has 3 aromatic heterocycles. The molecule has 7 atom stereocenters. The Bertz CT molecular complexity index is 5300. The molecule has 0 bridgehead atoms. The Hall–Kier alpha value is -14.0. The van der Waals surface area contributed by atoms with Crippen molar-refractivity contribution in [1.29, 1.82) is 0 Å². The van der Waals surface area contributed by atoms with Crippen LogP contribution in [-0.4, -0.2) is 271 Å². The van der Waals surface area contributed by atoms with Crippen LogP contribution in [0.1, 0.15) is 73.6 Å². The summed E-state index contributed by atoms with van der Waals surface area (Å²) in [5.41, 5.74) is 18.3. The summed E-state index contributed by atoms with van der Waals surface area (Å²) in [6.45, 7) is 1.20. The van der Waals surface area contributed by atoms with Crippen molar-refractivity contribution in [3.63, 3.8) is 0 Å². The van der Waals surface area contributed by atoms with E-state index in [0.717, 1.165) is 39.0 Å². The summed E-state index contributed by atoms with van der Waals surface area (Å²) in [4.78, 5) is 219. The van der Waals surface area contributed by atoms with Gasteiger partial charge in [-0.3, -0.25) is 67.9 Å². The molecule has 20 N–H and O–H groups in total. The number of rotatable bonds is 52. The van der Waals surface area contributed by atoms with Crippen LogP contribution in [0.3, 0.4) is 0 Å². The summed E-state index contributed by atoms with van der Waals surface area (Å²) in [5.74, 6) is -14.3. The Kier molecular flexibility index (Phi) is 36.4. The minimum atomic E-state index is -1.75. The van der Waals surface area contributed by atoms with E-state index in [4.69, 9.17) is 20.3 Å². The first-order valence-corrected chi connectivity index (χ1v) is 42.3. The number of hydrogen-bond acceptors (Lipinski definition) is 24. The Morgan fingerprint density at radius 2 is 1.09 bits per heavy atom. The first-order chi connectivity index (χ1) is 61.7. The monoisotopic (exact) mass is 1790 g/mol. The third-order valence-electron chi connectivity index (χ3n) is 20.7. The molecule has 13 amide bonds. The fraction of sp³-hybridized carbons (Fsp3) is 0.388. The summed E-state index contributed by atoms with van der Waals surface area (Å²) in [6.07, 6.45) is -0.116. The molecule has 2 aliphatic rings. The van der Waals surface area contributed by atoms with Gasteiger partial charge in [-0.15, -0.1) is 16.9 Å². The predicted octanol–water partition coefficient (Wildman–Crippen LogP) is -0.394. The number of fused-ring (bicyclic) bond motifs is 7. The maximum absolute atomic E-state index is 14.8. The second-order valence-corrected chi connectivity index (χ2v) is 31.0. The van der Waals surface area contributed by atoms with Gasteiger partial charge in [0.05, 0.1) is 69.2 Å². The van der Waals surface area contributed by atoms with Crippen LogP contribution >= 0.6 is 11.8 Å². The van der Waals surface area contributed by atoms with Crippen LogP contribution in [0.15, 0.2) is 140 Å². The molecule has 128 heavy (non-hydrogen) atoms. The van der Waals surface area contributed by atoms with Crippen molar-refractivity contribution in [3.05, 3.63) is 162 Å². The summed E-state index contributed by atoms with van der Waals surface area (Å²) >= 11 is 0.785. The largest absolute Gasteiger partial charge is 0.481 e. The van der Waals surface area contributed by atoms with Gasteiger partial charge in [-0.25, -0.2) is 29.3 Å². The van der Waals surface area contributed by atoms with E-state index >= 15 is 0 Å². The zero-order chi connectivity index (χ0) is 91.6. The first-order valence-electron chi connectivity index (χ1n) is 41.3. The van der Waals surface area contributed by atoms with Crippen molar-refractivity contribution in [1.82, 2.24) is 93.9 Å². The molecule has 1 fully saturated rings. The molecule has 0 aliphatic carbocycles. The van der Waals surface area contributed by atoms with E-state index in [-0.39, 0.29) is 109 Å². The highest BCUT2D eigenvalue weighted by molar-refractivity contribution is 8.00. The lowest BCUT2D eigenvalue weighted by molar-refractivity contribution is -0.141. The maximum Gasteiger partial charge on any atom is 0.327 e. The average Bonchev–Trinajstić information content (AvgIpc) is 1.50. The number of nitrogens with two attached hydrogens (primary N) is 1. The Labute approximate surface area is 736 Å². The van der Waals surface area contributed by atoms with Gasteiger partial charge in [-0.05, 0) is 59.7 Å². The number of benzene rings is 5. The highest BCUT2D eigenvalue weighted by Gasteiger charge is 2.41. The molecule has 10 rings (SSSR count). The number of anilines is 1. The number of carbonyl (C=O) groups is 16. The lowest BCUT2D eigenvalue weighted by Gasteiger charge is -2.29. The smallest absolute Gasteiger partial charge is 0.327 e. The third kappa shape index (κ3) is 28.5. The number of urea groups is 1. The van der Waals surface area contributed by atoms with Crippen LogP contribution in [0.4, 0.5) is 10.5 Å². The summed E-state index contributed by atoms with van der Waals surface area (Å²) in [5, 5.41) is 73.2. The van der Waals surface area contributed by atoms with Crippen LogP contribution in [-0.2, 0) is 114 Å². The third-order valence-corrected chi connectivity index (χ3v) is 22.0. The SMILES string of the molecule is NCCNCCn1nnc2c1-c1ccccc1N(C(=O)CCNC(=O)CCOCCOCCNC(=O)CCN1C(=O)CC(SCC(NC(=O)CNC(=O)C(Cc3c[nH]c4ccccc34)NC(=O)C(Cc3c[nH]c4ccccc34)NC(=O)CNC(=O)C(Cc3ccccc3)NNC(=O)CC[C@H](NC(=O)N[C@@H](CCC(=O)O)C(=O)O)C(=O)O)C(=O)O)C1=O)Cc1ccccc1-2. The van der Waals surface area contributed by atoms with Gasteiger partial charge in [0.15, 0.2) is 0 Å². The van der Waals surface area contributed by atoms with Gasteiger partial charge >= 0.3 is 29.9 Å². The molecule has 0 spiro atoms. The number of nitrogens with one attached hydrogen (secondary N) is 14. The van der Waals surface area contributed by atoms with Crippen LogP contribution in [0.25, 0.3) is 44.3 Å². The lowest BCUT2D eigenvalue weighted by atomic mass is 9.95. The molecule has 1 saturated heterocycles. The van der Waals surface area contributed by atoms with Crippen molar-refractivity contribution in [2.24, 2.45) is 5.73 Å². The zero-order valence-electron chi connectivity index (χ0n) is 69.6. The van der Waals surface area contributed by atoms with E-state index in [9.17, 15) is 92.0 Å². The van der Waals surface area contributed by atoms with Gasteiger partial charge in [-0.2, -0.15) is 0 Å². The van der Waals surface area contributed by atoms with Crippen LogP contribution in [0.2, 0.25) is 0 Å². The molecule has 43 heteroatoms. The summed E-state index contributed by atoms with van der Waals surface area (Å²) < 4.78 is 13.0. The number of para-hydroxylation sites is 3. The Morgan fingerprint density at radius 1 is 0.516 bits per heavy atom. The van der Waals surface area contributed by atoms with E-state index in [1.807, 2.05) is 63.8 Å². The van der Waals surface area contributed by atoms with E-state index < -0.39 is 169 Å². The molecule has 680 valence electrons. The number of ether oxygens (including phenoxy) is 2. The maximum atomic E-state index is 14.8. The predicted molar refractivity (Wildman–Crippen MR) is 462 cm³/mol. The zero-order valence-corrected chi connectivity index (χ0v) is 70.4. The fourth-order valence-corrected chi connectivity index (χ4v) is 15.3. The Balaban J connectivity index is 0.651. The van der Waals surface area contributed by atoms with Crippen LogP contribution in [0.5, 0.6) is 0 Å². The number of H-pyrrole nitrogens is 2. The molecule has 5 heterocycles. The molecular formula is C85H102N20O22S. The molecule has 8 aromatic rings. The number of hydrogen-bond donors (Lipinski definition) is 19. The molecule has 0 saturated carbocycles. The van der Waals surface area contributed by atoms with E-state index in [1.165, 1.54) is 0 Å². The number of amides is 13. The number of carboxylic acids is 4. The minimum Gasteiger partial charge on any atom is -0.481 e. The highest BCUT2D eigenvalue weighted by Crippen LogP contribution is 2.41. The number of aromatic nitrogens is 5. The van der Waals surface area contributed by atoms with Crippen molar-refractivity contribution in [2.75, 3.05) is 89.4 Å². The van der Waals surface area contributed by atoms with Gasteiger partial charge in [-0.1, -0.05) is 114 Å².